The summed E-state index contributed by atoms with van der Waals surface area (Å²) in [6.07, 6.45) is 0. The number of methoxy groups -OCH3 is 1. The van der Waals surface area contributed by atoms with Crippen molar-refractivity contribution in [1.29, 1.82) is 0 Å². The molecule has 3 aromatic rings. The minimum atomic E-state index is -0.220. The number of carbonyl (C=O) groups is 1. The Morgan fingerprint density at radius 1 is 0.880 bits per heavy atom. The summed E-state index contributed by atoms with van der Waals surface area (Å²) in [5, 5.41) is 6.19. The Labute approximate surface area is 155 Å². The predicted molar refractivity (Wildman–Crippen MR) is 105 cm³/mol. The van der Waals surface area contributed by atoms with E-state index in [1.807, 2.05) is 60.7 Å². The zero-order chi connectivity index (χ0) is 17.6. The van der Waals surface area contributed by atoms with Crippen LogP contribution in [0.25, 0.3) is 0 Å². The highest BCUT2D eigenvalue weighted by molar-refractivity contribution is 9.10. The minimum Gasteiger partial charge on any atom is -0.496 e. The van der Waals surface area contributed by atoms with Gasteiger partial charge in [0.2, 0.25) is 0 Å². The molecule has 0 aliphatic heterocycles. The smallest absolute Gasteiger partial charge is 0.259 e. The maximum atomic E-state index is 12.5. The Kier molecular flexibility index (Phi) is 5.36. The van der Waals surface area contributed by atoms with E-state index in [2.05, 4.69) is 26.6 Å². The van der Waals surface area contributed by atoms with Crippen molar-refractivity contribution in [2.24, 2.45) is 0 Å². The SMILES string of the molecule is COc1ccc(Br)cc1C(=O)Nc1ccc(Nc2ccccc2)cc1. The molecule has 0 heterocycles. The molecular weight excluding hydrogens is 380 g/mol. The summed E-state index contributed by atoms with van der Waals surface area (Å²) in [4.78, 5) is 12.5. The number of para-hydroxylation sites is 1. The van der Waals surface area contributed by atoms with Crippen LogP contribution in [0.4, 0.5) is 17.1 Å². The van der Waals surface area contributed by atoms with E-state index in [1.54, 1.807) is 19.2 Å². The molecule has 126 valence electrons. The van der Waals surface area contributed by atoms with Crippen molar-refractivity contribution in [2.45, 2.75) is 0 Å². The second-order valence-electron chi connectivity index (χ2n) is 5.37. The predicted octanol–water partition coefficient (Wildman–Crippen LogP) is 5.45. The maximum Gasteiger partial charge on any atom is 0.259 e. The summed E-state index contributed by atoms with van der Waals surface area (Å²) in [6, 6.07) is 22.8. The van der Waals surface area contributed by atoms with Gasteiger partial charge in [-0.05, 0) is 54.6 Å². The largest absolute Gasteiger partial charge is 0.496 e. The quantitative estimate of drug-likeness (QED) is 0.602. The van der Waals surface area contributed by atoms with Gasteiger partial charge in [0.15, 0.2) is 0 Å². The molecular formula is C20H17BrN2O2. The molecule has 0 saturated carbocycles. The Bertz CT molecular complexity index is 865. The lowest BCUT2D eigenvalue weighted by Crippen LogP contribution is -2.13. The highest BCUT2D eigenvalue weighted by atomic mass is 79.9. The molecule has 5 heteroatoms. The molecule has 0 unspecified atom stereocenters. The highest BCUT2D eigenvalue weighted by Gasteiger charge is 2.13. The van der Waals surface area contributed by atoms with Gasteiger partial charge in [0.25, 0.3) is 5.91 Å². The normalized spacial score (nSPS) is 10.2. The Morgan fingerprint density at radius 2 is 1.52 bits per heavy atom. The van der Waals surface area contributed by atoms with E-state index in [0.29, 0.717) is 17.0 Å². The molecule has 0 aliphatic rings. The van der Waals surface area contributed by atoms with Crippen LogP contribution in [0.5, 0.6) is 5.75 Å². The summed E-state index contributed by atoms with van der Waals surface area (Å²) in [7, 11) is 1.55. The standard InChI is InChI=1S/C20H17BrN2O2/c1-25-19-12-7-14(21)13-18(19)20(24)23-17-10-8-16(9-11-17)22-15-5-3-2-4-6-15/h2-13,22H,1H3,(H,23,24). The van der Waals surface area contributed by atoms with Crippen molar-refractivity contribution in [3.63, 3.8) is 0 Å². The Hall–Kier alpha value is -2.79. The summed E-state index contributed by atoms with van der Waals surface area (Å²) in [5.41, 5.74) is 3.15. The fraction of sp³-hybridized carbons (Fsp3) is 0.0500. The second kappa shape index (κ2) is 7.85. The van der Waals surface area contributed by atoms with Crippen LogP contribution in [-0.4, -0.2) is 13.0 Å². The number of benzene rings is 3. The lowest BCUT2D eigenvalue weighted by atomic mass is 10.2. The number of anilines is 3. The van der Waals surface area contributed by atoms with Crippen LogP contribution in [0.1, 0.15) is 10.4 Å². The number of nitrogens with one attached hydrogen (secondary N) is 2. The highest BCUT2D eigenvalue weighted by Crippen LogP contribution is 2.25. The summed E-state index contributed by atoms with van der Waals surface area (Å²) in [5.74, 6) is 0.310. The van der Waals surface area contributed by atoms with Crippen LogP contribution >= 0.6 is 15.9 Å². The molecule has 0 saturated heterocycles. The number of ether oxygens (including phenoxy) is 1. The van der Waals surface area contributed by atoms with Gasteiger partial charge < -0.3 is 15.4 Å². The van der Waals surface area contributed by atoms with Gasteiger partial charge in [0.05, 0.1) is 12.7 Å². The zero-order valence-electron chi connectivity index (χ0n) is 13.6. The van der Waals surface area contributed by atoms with Crippen LogP contribution in [-0.2, 0) is 0 Å². The van der Waals surface area contributed by atoms with Crippen LogP contribution in [0, 0.1) is 0 Å². The van der Waals surface area contributed by atoms with Gasteiger partial charge in [-0.1, -0.05) is 34.1 Å². The van der Waals surface area contributed by atoms with Crippen molar-refractivity contribution in [3.05, 3.63) is 82.8 Å². The molecule has 3 rings (SSSR count). The molecule has 0 radical (unpaired) electrons. The summed E-state index contributed by atoms with van der Waals surface area (Å²) in [6.45, 7) is 0. The van der Waals surface area contributed by atoms with E-state index in [9.17, 15) is 4.79 Å². The molecule has 0 spiro atoms. The number of hydrogen-bond donors (Lipinski definition) is 2. The third-order valence-corrected chi connectivity index (χ3v) is 4.10. The molecule has 25 heavy (non-hydrogen) atoms. The summed E-state index contributed by atoms with van der Waals surface area (Å²) >= 11 is 3.38. The van der Waals surface area contributed by atoms with Crippen molar-refractivity contribution in [3.8, 4) is 5.75 Å². The maximum absolute atomic E-state index is 12.5. The fourth-order valence-electron chi connectivity index (χ4n) is 2.38. The molecule has 0 aromatic heterocycles. The number of rotatable bonds is 5. The van der Waals surface area contributed by atoms with Gasteiger partial charge in [-0.2, -0.15) is 0 Å². The van der Waals surface area contributed by atoms with Crippen LogP contribution in [0.2, 0.25) is 0 Å². The molecule has 1 amide bonds. The first-order valence-electron chi connectivity index (χ1n) is 7.73. The van der Waals surface area contributed by atoms with Crippen molar-refractivity contribution in [2.75, 3.05) is 17.7 Å². The van der Waals surface area contributed by atoms with Gasteiger partial charge in [0, 0.05) is 21.5 Å². The second-order valence-corrected chi connectivity index (χ2v) is 6.28. The minimum absolute atomic E-state index is 0.220. The summed E-state index contributed by atoms with van der Waals surface area (Å²) < 4.78 is 6.07. The number of halogens is 1. The number of carbonyl (C=O) groups excluding carboxylic acids is 1. The van der Waals surface area contributed by atoms with Crippen LogP contribution in [0.3, 0.4) is 0 Å². The number of hydrogen-bond acceptors (Lipinski definition) is 3. The van der Waals surface area contributed by atoms with E-state index in [-0.39, 0.29) is 5.91 Å². The average Bonchev–Trinajstić information content (AvgIpc) is 2.64. The lowest BCUT2D eigenvalue weighted by molar-refractivity contribution is 0.102. The van der Waals surface area contributed by atoms with E-state index in [0.717, 1.165) is 15.8 Å². The van der Waals surface area contributed by atoms with Gasteiger partial charge >= 0.3 is 0 Å². The topological polar surface area (TPSA) is 50.4 Å². The molecule has 3 aromatic carbocycles. The monoisotopic (exact) mass is 396 g/mol. The molecule has 0 aliphatic carbocycles. The zero-order valence-corrected chi connectivity index (χ0v) is 15.2. The van der Waals surface area contributed by atoms with Crippen molar-refractivity contribution in [1.82, 2.24) is 0 Å². The first-order valence-corrected chi connectivity index (χ1v) is 8.52. The first kappa shape index (κ1) is 17.0. The molecule has 2 N–H and O–H groups in total. The van der Waals surface area contributed by atoms with Crippen molar-refractivity contribution < 1.29 is 9.53 Å². The third kappa shape index (κ3) is 4.39. The Morgan fingerprint density at radius 3 is 2.20 bits per heavy atom. The molecule has 4 nitrogen and oxygen atoms in total. The van der Waals surface area contributed by atoms with E-state index in [4.69, 9.17) is 4.74 Å². The van der Waals surface area contributed by atoms with Crippen LogP contribution in [0.15, 0.2) is 77.3 Å². The molecule has 0 bridgehead atoms. The van der Waals surface area contributed by atoms with Gasteiger partial charge in [-0.15, -0.1) is 0 Å². The van der Waals surface area contributed by atoms with E-state index < -0.39 is 0 Å². The lowest BCUT2D eigenvalue weighted by Gasteiger charge is -2.11. The fourth-order valence-corrected chi connectivity index (χ4v) is 2.74. The average molecular weight is 397 g/mol. The van der Waals surface area contributed by atoms with Gasteiger partial charge in [-0.25, -0.2) is 0 Å². The van der Waals surface area contributed by atoms with E-state index >= 15 is 0 Å². The van der Waals surface area contributed by atoms with Crippen molar-refractivity contribution >= 4 is 38.9 Å². The number of amides is 1. The van der Waals surface area contributed by atoms with E-state index in [1.165, 1.54) is 0 Å². The third-order valence-electron chi connectivity index (χ3n) is 3.61. The van der Waals surface area contributed by atoms with Gasteiger partial charge in [0.1, 0.15) is 5.75 Å². The van der Waals surface area contributed by atoms with Crippen LogP contribution < -0.4 is 15.4 Å². The van der Waals surface area contributed by atoms with Gasteiger partial charge in [-0.3, -0.25) is 4.79 Å². The molecule has 0 atom stereocenters. The molecule has 0 fully saturated rings. The first-order chi connectivity index (χ1) is 12.2. The Balaban J connectivity index is 1.71.